The summed E-state index contributed by atoms with van der Waals surface area (Å²) < 4.78 is 140. The Morgan fingerprint density at radius 3 is 1.90 bits per heavy atom. The zero-order valence-corrected chi connectivity index (χ0v) is 44.0. The van der Waals surface area contributed by atoms with E-state index in [0.29, 0.717) is 41.6 Å². The van der Waals surface area contributed by atoms with Crippen molar-refractivity contribution in [2.75, 3.05) is 43.1 Å². The maximum atomic E-state index is 13.4. The van der Waals surface area contributed by atoms with Crippen LogP contribution in [0.15, 0.2) is 89.7 Å². The van der Waals surface area contributed by atoms with Gasteiger partial charge >= 0.3 is 11.4 Å². The average molecular weight is 1130 g/mol. The SMILES string of the molecule is CC(C)(C)c1ccc2nc(N=Nc3cc4c5c(c3S(=O)(=O)O)CCCN5CCC4)sc2c1.CCCN(CCC)c1cc(S(=O)(=O)O)c(N=Nc2nc3ccc(SC(F)(F)C(F)(F)F)cc3s2)cc1OC.[Cu]. The Labute approximate surface area is 430 Å². The summed E-state index contributed by atoms with van der Waals surface area (Å²) >= 11 is 1.63. The number of fused-ring (bicyclic) bond motifs is 2. The van der Waals surface area contributed by atoms with Crippen LogP contribution < -0.4 is 14.5 Å². The fourth-order valence-electron chi connectivity index (χ4n) is 8.12. The Balaban J connectivity index is 0.000000232. The van der Waals surface area contributed by atoms with Crippen molar-refractivity contribution in [2.45, 2.75) is 105 Å². The Kier molecular flexibility index (Phi) is 17.3. The largest absolute Gasteiger partial charge is 0.495 e. The van der Waals surface area contributed by atoms with Gasteiger partial charge in [0.15, 0.2) is 0 Å². The van der Waals surface area contributed by atoms with Crippen LogP contribution in [0, 0.1) is 0 Å². The second-order valence-corrected chi connectivity index (χ2v) is 23.4. The number of rotatable bonds is 14. The molecule has 0 aliphatic carbocycles. The molecule has 6 aromatic rings. The molecule has 4 heterocycles. The number of ether oxygens (including phenoxy) is 1. The molecule has 0 atom stereocenters. The normalized spacial score (nSPS) is 14.5. The number of azo groups is 2. The van der Waals surface area contributed by atoms with Gasteiger partial charge in [0.2, 0.25) is 10.3 Å². The molecular formula is C45H49CuF5N8O7S5. The van der Waals surface area contributed by atoms with E-state index in [1.165, 1.54) is 42.2 Å². The number of anilines is 2. The summed E-state index contributed by atoms with van der Waals surface area (Å²) in [6, 6.07) is 13.9. The molecule has 2 aliphatic heterocycles. The molecule has 8 rings (SSSR count). The van der Waals surface area contributed by atoms with E-state index in [0.717, 1.165) is 90.1 Å². The average Bonchev–Trinajstić information content (AvgIpc) is 3.89. The Morgan fingerprint density at radius 1 is 0.775 bits per heavy atom. The molecule has 0 fully saturated rings. The fourth-order valence-corrected chi connectivity index (χ4v) is 12.1. The molecule has 26 heteroatoms. The number of benzene rings is 4. The molecule has 71 heavy (non-hydrogen) atoms. The molecule has 0 saturated heterocycles. The van der Waals surface area contributed by atoms with Crippen LogP contribution in [-0.2, 0) is 55.6 Å². The number of hydrogen-bond donors (Lipinski definition) is 2. The van der Waals surface area contributed by atoms with E-state index < -0.39 is 48.3 Å². The topological polar surface area (TPSA) is 200 Å². The van der Waals surface area contributed by atoms with Gasteiger partial charge in [-0.25, -0.2) is 9.97 Å². The summed E-state index contributed by atoms with van der Waals surface area (Å²) in [4.78, 5) is 11.9. The number of methoxy groups -OCH3 is 1. The number of thiazole rings is 2. The maximum absolute atomic E-state index is 13.4. The zero-order valence-electron chi connectivity index (χ0n) is 39.0. The molecule has 1 radical (unpaired) electrons. The molecular weight excluding hydrogens is 1080 g/mol. The maximum Gasteiger partial charge on any atom is 0.464 e. The van der Waals surface area contributed by atoms with Crippen LogP contribution in [-0.4, -0.2) is 80.6 Å². The van der Waals surface area contributed by atoms with Crippen molar-refractivity contribution in [1.29, 1.82) is 0 Å². The number of alkyl halides is 5. The third-order valence-corrected chi connectivity index (χ3v) is 15.9. The predicted molar refractivity (Wildman–Crippen MR) is 264 cm³/mol. The van der Waals surface area contributed by atoms with Gasteiger partial charge in [-0.1, -0.05) is 63.4 Å². The molecule has 2 aromatic heterocycles. The summed E-state index contributed by atoms with van der Waals surface area (Å²) in [6.07, 6.45) is -0.830. The minimum absolute atomic E-state index is 0. The monoisotopic (exact) mass is 1130 g/mol. The van der Waals surface area contributed by atoms with Gasteiger partial charge in [-0.2, -0.15) is 38.8 Å². The second kappa shape index (κ2) is 22.0. The number of hydrogen-bond acceptors (Lipinski definition) is 16. The zero-order chi connectivity index (χ0) is 51.0. The first-order valence-corrected chi connectivity index (χ1v) is 27.3. The second-order valence-electron chi connectivity index (χ2n) is 17.4. The van der Waals surface area contributed by atoms with Crippen LogP contribution >= 0.6 is 34.4 Å². The van der Waals surface area contributed by atoms with E-state index in [2.05, 4.69) is 68.2 Å². The summed E-state index contributed by atoms with van der Waals surface area (Å²) in [5, 5.41) is 11.9. The molecule has 4 aromatic carbocycles. The van der Waals surface area contributed by atoms with E-state index in [-0.39, 0.29) is 59.0 Å². The molecule has 0 spiro atoms. The number of aromatic nitrogens is 2. The molecule has 0 amide bonds. The van der Waals surface area contributed by atoms with Gasteiger partial charge in [0.05, 0.1) is 33.2 Å². The van der Waals surface area contributed by atoms with Crippen molar-refractivity contribution in [3.63, 3.8) is 0 Å². The quantitative estimate of drug-likeness (QED) is 0.0344. The summed E-state index contributed by atoms with van der Waals surface area (Å²) in [7, 11) is -7.78. The number of thioether (sulfide) groups is 1. The van der Waals surface area contributed by atoms with E-state index in [9.17, 15) is 47.9 Å². The van der Waals surface area contributed by atoms with Crippen molar-refractivity contribution in [3.8, 4) is 5.75 Å². The third-order valence-electron chi connectivity index (χ3n) is 11.2. The van der Waals surface area contributed by atoms with Crippen molar-refractivity contribution < 1.29 is 69.7 Å². The molecule has 387 valence electrons. The van der Waals surface area contributed by atoms with E-state index in [4.69, 9.17) is 4.74 Å². The predicted octanol–water partition coefficient (Wildman–Crippen LogP) is 13.8. The first kappa shape index (κ1) is 55.9. The van der Waals surface area contributed by atoms with Gasteiger partial charge < -0.3 is 14.5 Å². The van der Waals surface area contributed by atoms with Crippen LogP contribution in [0.25, 0.3) is 20.4 Å². The smallest absolute Gasteiger partial charge is 0.464 e. The van der Waals surface area contributed by atoms with Gasteiger partial charge in [-0.15, -0.1) is 20.5 Å². The minimum Gasteiger partial charge on any atom is -0.495 e. The first-order chi connectivity index (χ1) is 32.8. The molecule has 0 bridgehead atoms. The Morgan fingerprint density at radius 2 is 1.35 bits per heavy atom. The van der Waals surface area contributed by atoms with Crippen molar-refractivity contribution in [2.24, 2.45) is 20.5 Å². The third kappa shape index (κ3) is 12.9. The van der Waals surface area contributed by atoms with Gasteiger partial charge in [0, 0.05) is 59.9 Å². The van der Waals surface area contributed by atoms with Crippen LogP contribution in [0.5, 0.6) is 5.75 Å². The molecule has 2 aliphatic rings. The van der Waals surface area contributed by atoms with E-state index >= 15 is 0 Å². The van der Waals surface area contributed by atoms with Crippen molar-refractivity contribution >= 4 is 108 Å². The van der Waals surface area contributed by atoms with Crippen molar-refractivity contribution in [3.05, 3.63) is 71.3 Å². The Hall–Kier alpha value is -4.40. The summed E-state index contributed by atoms with van der Waals surface area (Å²) in [5.74, 6) is 0.296. The Bertz CT molecular complexity index is 3210. The standard InChI is InChI=1S/C23H26N4O3S2.C22H23F5N4O4S3.Cu/c1-23(2,3)15-8-9-17-19(13-15)31-22(24-17)26-25-18-12-14-6-4-10-27-11-5-7-16(20(14)27)21(18)32(28,29)30;1-4-8-31(9-5-2)16-12-19(38(32,33)34)15(11-17(16)35-3)29-30-20-28-14-7-6-13(10-18(14)36-20)37-22(26,27)21(23,24)25;/h8-9,12-13H,4-7,10-11H2,1-3H3,(H,28,29,30);6-7,10-12H,4-5,8-9H2,1-3H3,(H,32,33,34);. The fraction of sp³-hybridized carbons (Fsp3) is 0.422. The number of aryl methyl sites for hydroxylation is 1. The van der Waals surface area contributed by atoms with Crippen LogP contribution in [0.2, 0.25) is 0 Å². The number of nitrogens with zero attached hydrogens (tertiary/aromatic N) is 8. The van der Waals surface area contributed by atoms with Crippen LogP contribution in [0.4, 0.5) is 55.0 Å². The van der Waals surface area contributed by atoms with Gasteiger partial charge in [0.1, 0.15) is 26.9 Å². The van der Waals surface area contributed by atoms with E-state index in [1.54, 1.807) is 6.07 Å². The van der Waals surface area contributed by atoms with Gasteiger partial charge in [-0.05, 0) is 115 Å². The van der Waals surface area contributed by atoms with Gasteiger partial charge in [-0.3, -0.25) is 9.11 Å². The van der Waals surface area contributed by atoms with Gasteiger partial charge in [0.25, 0.3) is 20.2 Å². The van der Waals surface area contributed by atoms with E-state index in [1.807, 2.05) is 24.8 Å². The van der Waals surface area contributed by atoms with Crippen molar-refractivity contribution in [1.82, 2.24) is 9.97 Å². The molecule has 15 nitrogen and oxygen atoms in total. The molecule has 0 unspecified atom stereocenters. The molecule has 0 saturated carbocycles. The summed E-state index contributed by atoms with van der Waals surface area (Å²) in [6.45, 7) is 13.4. The molecule has 2 N–H and O–H groups in total. The van der Waals surface area contributed by atoms with Crippen LogP contribution in [0.1, 0.15) is 77.0 Å². The minimum atomic E-state index is -5.72. The van der Waals surface area contributed by atoms with Crippen LogP contribution in [0.3, 0.4) is 0 Å². The number of halogens is 5. The summed E-state index contributed by atoms with van der Waals surface area (Å²) in [5.41, 5.74) is 5.46. The first-order valence-electron chi connectivity index (χ1n) is 22.0.